The van der Waals surface area contributed by atoms with Gasteiger partial charge in [0.25, 0.3) is 0 Å². The SMILES string of the molecule is [3H]P(P(P(P)P)P(P)P(P)P)P(P(P(P)P)P(P)P)P(P(P)P)P(P)P. The smallest absolute Gasteiger partial charge is 0.0690 e. The quantitative estimate of drug-likeness (QED) is 0.183. The van der Waals surface area contributed by atoms with E-state index in [0.29, 0.717) is 0 Å². The van der Waals surface area contributed by atoms with E-state index in [0.717, 1.165) is 0 Å². The summed E-state index contributed by atoms with van der Waals surface area (Å²) >= 11 is 0. The average molecular weight is 804 g/mol. The van der Waals surface area contributed by atoms with Crippen LogP contribution in [0.2, 0.25) is 0 Å². The minimum atomic E-state index is -0.647. The second-order valence-electron chi connectivity index (χ2n) is 3.76. The average Bonchev–Trinajstić information content (AvgIpc) is 2.44. The number of hydrogen-bond donors (Lipinski definition) is 0. The van der Waals surface area contributed by atoms with Crippen molar-refractivity contribution in [3.05, 3.63) is 0 Å². The molecule has 0 heterocycles. The first-order valence-electron chi connectivity index (χ1n) is 6.00. The fraction of sp³-hybridized carbons (Fsp3) is 0. The molecule has 0 radical (unpaired) electrons. The molecule has 0 aromatic rings. The summed E-state index contributed by atoms with van der Waals surface area (Å²) in [5.41, 5.74) is 0. The molecule has 0 nitrogen and oxygen atoms in total. The Morgan fingerprint density at radius 2 is 0.760 bits per heavy atom. The highest BCUT2D eigenvalue weighted by Crippen LogP contribution is 3.29. The van der Waals surface area contributed by atoms with Crippen LogP contribution in [0, 0.1) is 0 Å². The van der Waals surface area contributed by atoms with Crippen molar-refractivity contribution in [2.45, 2.75) is 0 Å². The third-order valence-electron chi connectivity index (χ3n) is 1.93. The van der Waals surface area contributed by atoms with Crippen molar-refractivity contribution in [2.75, 3.05) is 0 Å². The van der Waals surface area contributed by atoms with Crippen molar-refractivity contribution < 1.29 is 0 Å². The normalized spacial score (nSPS) is 17.9. The van der Waals surface area contributed by atoms with Crippen LogP contribution in [-0.2, 0) is 0 Å². The summed E-state index contributed by atoms with van der Waals surface area (Å²) in [6.07, 6.45) is 0. The molecule has 0 aliphatic carbocycles. The van der Waals surface area contributed by atoms with Gasteiger partial charge in [-0.05, 0) is 84.8 Å². The molecule has 0 aromatic heterocycles. The highest BCUT2D eigenvalue weighted by atomic mass is 33.4. The van der Waals surface area contributed by atoms with Crippen molar-refractivity contribution in [2.24, 2.45) is 0 Å². The van der Waals surface area contributed by atoms with Crippen molar-refractivity contribution in [3.8, 4) is 0 Å². The van der Waals surface area contributed by atoms with Gasteiger partial charge in [0, 0.05) is 0 Å². The first kappa shape index (κ1) is 33.8. The van der Waals surface area contributed by atoms with E-state index in [2.05, 4.69) is 116 Å². The highest BCUT2D eigenvalue weighted by Gasteiger charge is 2.40. The van der Waals surface area contributed by atoms with E-state index in [1.165, 1.54) is 0 Å². The van der Waals surface area contributed by atoms with E-state index in [1.54, 1.807) is 0 Å². The van der Waals surface area contributed by atoms with E-state index >= 15 is 0 Å². The van der Waals surface area contributed by atoms with Crippen LogP contribution in [0.25, 0.3) is 0 Å². The molecule has 0 N–H and O–H groups in total. The molecule has 0 amide bonds. The lowest BCUT2D eigenvalue weighted by molar-refractivity contribution is 4.51. The van der Waals surface area contributed by atoms with Crippen LogP contribution in [0.1, 0.15) is 0 Å². The summed E-state index contributed by atoms with van der Waals surface area (Å²) in [4.78, 5) is 0. The van der Waals surface area contributed by atoms with Crippen molar-refractivity contribution in [3.63, 3.8) is 0 Å². The van der Waals surface area contributed by atoms with Crippen LogP contribution < -0.4 is 0 Å². The molecule has 152 valence electrons. The van der Waals surface area contributed by atoms with Gasteiger partial charge in [-0.2, -0.15) is 0 Å². The summed E-state index contributed by atoms with van der Waals surface area (Å²) in [5.74, 6) is 0. The van der Waals surface area contributed by atoms with Crippen LogP contribution in [0.4, 0.5) is 0 Å². The maximum atomic E-state index is 9.68. The third kappa shape index (κ3) is 14.5. The summed E-state index contributed by atoms with van der Waals surface area (Å²) in [5, 5.41) is 0. The first-order chi connectivity index (χ1) is 11.7. The van der Waals surface area contributed by atoms with Gasteiger partial charge in [-0.3, -0.25) is 0 Å². The predicted octanol–water partition coefficient (Wildman–Crippen LogP) is 14.3. The van der Waals surface area contributed by atoms with E-state index in [4.69, 9.17) is 0 Å². The van der Waals surface area contributed by atoms with Gasteiger partial charge in [0.1, 0.15) is 0 Å². The van der Waals surface area contributed by atoms with Crippen LogP contribution in [0.15, 0.2) is 0 Å². The Labute approximate surface area is 200 Å². The maximum Gasteiger partial charge on any atom is 0.0690 e. The van der Waals surface area contributed by atoms with E-state index in [-0.39, 0.29) is 76.9 Å². The molecule has 0 saturated carbocycles. The maximum absolute atomic E-state index is 9.68. The van der Waals surface area contributed by atoms with Crippen LogP contribution in [0.3, 0.4) is 0 Å². The molecular weight excluding hydrogens is 774 g/mol. The zero-order valence-electron chi connectivity index (χ0n) is 13.9. The molecule has 0 fully saturated rings. The minimum absolute atomic E-state index is 0.0888. The van der Waals surface area contributed by atoms with Gasteiger partial charge >= 0.3 is 0 Å². The zero-order chi connectivity index (χ0) is 20.9. The third-order valence-corrected chi connectivity index (χ3v) is 157. The topological polar surface area (TPSA) is 0 Å². The molecule has 16 unspecified atom stereocenters. The highest BCUT2D eigenvalue weighted by molar-refractivity contribution is 9.35. The molecule has 16 atom stereocenters. The Morgan fingerprint density at radius 3 is 0.960 bits per heavy atom. The summed E-state index contributed by atoms with van der Waals surface area (Å²) in [6, 6.07) is 0. The van der Waals surface area contributed by atoms with Gasteiger partial charge in [0.15, 0.2) is 0 Å². The fourth-order valence-corrected chi connectivity index (χ4v) is 269. The monoisotopic (exact) mass is 804 g/mol. The lowest BCUT2D eigenvalue weighted by Gasteiger charge is -2.44. The molecule has 0 saturated heterocycles. The molecule has 0 spiro atoms. The van der Waals surface area contributed by atoms with Gasteiger partial charge < -0.3 is 0 Å². The second kappa shape index (κ2) is 19.8. The molecule has 0 aliphatic heterocycles. The lowest BCUT2D eigenvalue weighted by Crippen LogP contribution is -1.55. The molecule has 0 bridgehead atoms. The van der Waals surface area contributed by atoms with E-state index in [9.17, 15) is 1.28 Å². The Bertz CT molecular complexity index is 330. The van der Waals surface area contributed by atoms with Crippen molar-refractivity contribution >= 4 is 201 Å². The summed E-state index contributed by atoms with van der Waals surface area (Å²) in [7, 11) is 40.1. The van der Waals surface area contributed by atoms with Gasteiger partial charge in [-0.25, -0.2) is 0 Å². The van der Waals surface area contributed by atoms with Gasteiger partial charge in [0.05, 0.1) is 1.28 Å². The Morgan fingerprint density at radius 1 is 0.440 bits per heavy atom. The zero-order valence-corrected chi connectivity index (χ0v) is 38.6. The van der Waals surface area contributed by atoms with Crippen LogP contribution in [-0.4, -0.2) is 1.28 Å². The lowest BCUT2D eigenvalue weighted by atomic mass is 28.6. The van der Waals surface area contributed by atoms with Gasteiger partial charge in [-0.15, -0.1) is 116 Å². The molecule has 0 aromatic carbocycles. The molecule has 25 heteroatoms. The number of hydrogen-bond acceptors (Lipinski definition) is 0. The standard InChI is InChI=1S/H27P25/c1-15(2)21(13)22(16(3)4)14-23(24(17(5)6)18(7)8)25(19(9)10)20(11)12/h14H,1-13H2/i14T. The van der Waals surface area contributed by atoms with Gasteiger partial charge in [-0.1, -0.05) is 0 Å². The summed E-state index contributed by atoms with van der Waals surface area (Å²) < 4.78 is 9.68. The largest absolute Gasteiger partial charge is 0.102 e. The fourth-order valence-electron chi connectivity index (χ4n) is 1.11. The van der Waals surface area contributed by atoms with Crippen LogP contribution >= 0.6 is 201 Å². The Kier molecular flexibility index (Phi) is 26.7. The molecular formula is H27P25. The van der Waals surface area contributed by atoms with Gasteiger partial charge in [0.2, 0.25) is 0 Å². The second-order valence-corrected chi connectivity index (χ2v) is 102. The number of rotatable bonds is 11. The van der Waals surface area contributed by atoms with E-state index < -0.39 is 7.90 Å². The first-order valence-corrected chi connectivity index (χ1v) is 50.0. The Balaban J connectivity index is 6.25. The molecule has 0 aliphatic rings. The van der Waals surface area contributed by atoms with Crippen LogP contribution in [0.5, 0.6) is 0 Å². The van der Waals surface area contributed by atoms with Crippen molar-refractivity contribution in [1.29, 1.82) is 1.28 Å². The predicted molar refractivity (Wildman–Crippen MR) is 211 cm³/mol. The minimum Gasteiger partial charge on any atom is -0.102 e. The van der Waals surface area contributed by atoms with Crippen molar-refractivity contribution in [1.82, 2.24) is 0 Å². The van der Waals surface area contributed by atoms with E-state index in [1.807, 2.05) is 0 Å². The summed E-state index contributed by atoms with van der Waals surface area (Å²) in [6.45, 7) is -1.54. The molecule has 0 rings (SSSR count). The Hall–Kier alpha value is 10.7. The molecule has 25 heavy (non-hydrogen) atoms.